The van der Waals surface area contributed by atoms with E-state index in [1.54, 1.807) is 18.2 Å². The molecule has 30 heavy (non-hydrogen) atoms. The number of anilines is 1. The zero-order chi connectivity index (χ0) is 20.9. The maximum atomic E-state index is 11.7. The second-order valence-electron chi connectivity index (χ2n) is 6.60. The lowest BCUT2D eigenvalue weighted by Crippen LogP contribution is -2.00. The first kappa shape index (κ1) is 19.6. The molecular weight excluding hydrogens is 398 g/mol. The van der Waals surface area contributed by atoms with Crippen molar-refractivity contribution in [1.29, 1.82) is 0 Å². The molecule has 2 heterocycles. The third kappa shape index (κ3) is 4.62. The number of methoxy groups -OCH3 is 1. The van der Waals surface area contributed by atoms with Gasteiger partial charge in [0.05, 0.1) is 29.9 Å². The molecule has 5 nitrogen and oxygen atoms in total. The highest BCUT2D eigenvalue weighted by Crippen LogP contribution is 2.15. The van der Waals surface area contributed by atoms with Crippen molar-refractivity contribution in [3.05, 3.63) is 100 Å². The van der Waals surface area contributed by atoms with Crippen molar-refractivity contribution in [2.24, 2.45) is 0 Å². The monoisotopic (exact) mass is 415 g/mol. The Morgan fingerprint density at radius 1 is 1.07 bits per heavy atom. The van der Waals surface area contributed by atoms with Gasteiger partial charge in [0.2, 0.25) is 0 Å². The number of hydrogen-bond donors (Lipinski definition) is 1. The highest BCUT2D eigenvalue weighted by atomic mass is 35.5. The molecule has 0 atom stereocenters. The van der Waals surface area contributed by atoms with Crippen molar-refractivity contribution in [3.63, 3.8) is 0 Å². The summed E-state index contributed by atoms with van der Waals surface area (Å²) in [7, 11) is 1.36. The Bertz CT molecular complexity index is 1280. The van der Waals surface area contributed by atoms with E-state index in [2.05, 4.69) is 22.1 Å². The molecule has 0 saturated heterocycles. The number of nitrogens with zero attached hydrogens (tertiary/aromatic N) is 2. The summed E-state index contributed by atoms with van der Waals surface area (Å²) in [5.41, 5.74) is 4.80. The van der Waals surface area contributed by atoms with Crippen LogP contribution >= 0.6 is 11.6 Å². The number of fused-ring (bicyclic) bond motifs is 1. The highest BCUT2D eigenvalue weighted by molar-refractivity contribution is 6.30. The second kappa shape index (κ2) is 8.73. The van der Waals surface area contributed by atoms with E-state index in [1.165, 1.54) is 7.11 Å². The van der Waals surface area contributed by atoms with Crippen molar-refractivity contribution >= 4 is 28.9 Å². The van der Waals surface area contributed by atoms with Gasteiger partial charge in [-0.3, -0.25) is 0 Å². The maximum Gasteiger partial charge on any atom is 0.337 e. The fourth-order valence-electron chi connectivity index (χ4n) is 2.99. The highest BCUT2D eigenvalue weighted by Gasteiger charge is 2.05. The summed E-state index contributed by atoms with van der Waals surface area (Å²) in [6.07, 6.45) is 3.78. The van der Waals surface area contributed by atoms with Crippen LogP contribution in [-0.4, -0.2) is 22.5 Å². The second-order valence-corrected chi connectivity index (χ2v) is 7.04. The van der Waals surface area contributed by atoms with E-state index in [4.69, 9.17) is 16.3 Å². The largest absolute Gasteiger partial charge is 0.465 e. The van der Waals surface area contributed by atoms with Gasteiger partial charge in [0, 0.05) is 29.2 Å². The summed E-state index contributed by atoms with van der Waals surface area (Å²) in [6, 6.07) is 18.6. The molecule has 4 rings (SSSR count). The third-order valence-electron chi connectivity index (χ3n) is 4.44. The molecule has 2 aromatic carbocycles. The number of carbonyl (C=O) groups is 1. The van der Waals surface area contributed by atoms with Gasteiger partial charge in [-0.25, -0.2) is 9.78 Å². The number of hydrogen-bond acceptors (Lipinski definition) is 4. The number of imidazole rings is 1. The van der Waals surface area contributed by atoms with Crippen molar-refractivity contribution in [3.8, 4) is 11.8 Å². The Balaban J connectivity index is 1.46. The van der Waals surface area contributed by atoms with E-state index in [-0.39, 0.29) is 5.97 Å². The first-order valence-electron chi connectivity index (χ1n) is 9.28. The number of nitrogens with one attached hydrogen (secondary N) is 1. The van der Waals surface area contributed by atoms with Gasteiger partial charge in [-0.15, -0.1) is 0 Å². The molecule has 0 amide bonds. The summed E-state index contributed by atoms with van der Waals surface area (Å²) in [5.74, 6) is 5.85. The number of benzene rings is 2. The lowest BCUT2D eigenvalue weighted by molar-refractivity contribution is 0.0600. The molecule has 0 spiro atoms. The summed E-state index contributed by atoms with van der Waals surface area (Å²) in [5, 5.41) is 4.04. The van der Waals surface area contributed by atoms with E-state index in [1.807, 2.05) is 59.3 Å². The molecule has 0 radical (unpaired) electrons. The van der Waals surface area contributed by atoms with Gasteiger partial charge in [-0.1, -0.05) is 35.6 Å². The Kier molecular flexibility index (Phi) is 5.69. The van der Waals surface area contributed by atoms with Crippen molar-refractivity contribution in [2.45, 2.75) is 6.54 Å². The van der Waals surface area contributed by atoms with E-state index >= 15 is 0 Å². The molecule has 0 bridgehead atoms. The molecule has 1 N–H and O–H groups in total. The number of aromatic nitrogens is 2. The van der Waals surface area contributed by atoms with Crippen LogP contribution in [0.2, 0.25) is 5.02 Å². The number of carbonyl (C=O) groups excluding carboxylic acids is 1. The number of pyridine rings is 1. The third-order valence-corrected chi connectivity index (χ3v) is 4.66. The fourth-order valence-corrected chi connectivity index (χ4v) is 3.16. The summed E-state index contributed by atoms with van der Waals surface area (Å²) in [4.78, 5) is 16.2. The minimum Gasteiger partial charge on any atom is -0.465 e. The zero-order valence-corrected chi connectivity index (χ0v) is 17.0. The summed E-state index contributed by atoms with van der Waals surface area (Å²) < 4.78 is 6.66. The molecule has 148 valence electrons. The standard InChI is InChI=1S/C24H18ClN3O2/c1-30-24(29)19-6-2-4-17(12-19)8-9-18-5-3-7-21(13-18)26-14-22-16-28-15-20(25)10-11-23(28)27-22/h2-7,10-13,15-16,26H,14H2,1H3. The average Bonchev–Trinajstić information content (AvgIpc) is 3.18. The van der Waals surface area contributed by atoms with Crippen LogP contribution in [-0.2, 0) is 11.3 Å². The zero-order valence-electron chi connectivity index (χ0n) is 16.2. The molecule has 0 fully saturated rings. The van der Waals surface area contributed by atoms with Gasteiger partial charge < -0.3 is 14.5 Å². The molecule has 0 saturated carbocycles. The van der Waals surface area contributed by atoms with E-state index in [0.717, 1.165) is 28.2 Å². The average molecular weight is 416 g/mol. The number of halogens is 1. The Labute approximate surface area is 179 Å². The minimum absolute atomic E-state index is 0.376. The van der Waals surface area contributed by atoms with Crippen LogP contribution in [0.15, 0.2) is 73.1 Å². The number of ether oxygens (including phenoxy) is 1. The van der Waals surface area contributed by atoms with Gasteiger partial charge >= 0.3 is 5.97 Å². The summed E-state index contributed by atoms with van der Waals surface area (Å²) >= 11 is 6.02. The quantitative estimate of drug-likeness (QED) is 0.384. The van der Waals surface area contributed by atoms with E-state index in [0.29, 0.717) is 17.1 Å². The fraction of sp³-hybridized carbons (Fsp3) is 0.0833. The normalized spacial score (nSPS) is 10.3. The molecule has 4 aromatic rings. The van der Waals surface area contributed by atoms with Gasteiger partial charge in [0.1, 0.15) is 5.65 Å². The van der Waals surface area contributed by atoms with Crippen molar-refractivity contribution in [1.82, 2.24) is 9.38 Å². The predicted molar refractivity (Wildman–Crippen MR) is 118 cm³/mol. The Morgan fingerprint density at radius 2 is 1.83 bits per heavy atom. The van der Waals surface area contributed by atoms with E-state index < -0.39 is 0 Å². The van der Waals surface area contributed by atoms with Crippen molar-refractivity contribution < 1.29 is 9.53 Å². The molecule has 6 heteroatoms. The van der Waals surface area contributed by atoms with Gasteiger partial charge in [0.15, 0.2) is 0 Å². The van der Waals surface area contributed by atoms with Crippen LogP contribution < -0.4 is 5.32 Å². The van der Waals surface area contributed by atoms with Crippen LogP contribution in [0, 0.1) is 11.8 Å². The smallest absolute Gasteiger partial charge is 0.337 e. The molecule has 0 unspecified atom stereocenters. The van der Waals surface area contributed by atoms with E-state index in [9.17, 15) is 4.79 Å². The SMILES string of the molecule is COC(=O)c1cccc(C#Cc2cccc(NCc3cn4cc(Cl)ccc4n3)c2)c1. The van der Waals surface area contributed by atoms with Crippen LogP contribution in [0.1, 0.15) is 27.2 Å². The Morgan fingerprint density at radius 3 is 2.63 bits per heavy atom. The van der Waals surface area contributed by atoms with Gasteiger partial charge in [-0.2, -0.15) is 0 Å². The molecule has 2 aromatic heterocycles. The van der Waals surface area contributed by atoms with Crippen LogP contribution in [0.5, 0.6) is 0 Å². The summed E-state index contributed by atoms with van der Waals surface area (Å²) in [6.45, 7) is 0.581. The molecule has 0 aliphatic rings. The van der Waals surface area contributed by atoms with Crippen molar-refractivity contribution in [2.75, 3.05) is 12.4 Å². The number of rotatable bonds is 4. The van der Waals surface area contributed by atoms with Gasteiger partial charge in [0.25, 0.3) is 0 Å². The first-order valence-corrected chi connectivity index (χ1v) is 9.66. The molecule has 0 aliphatic carbocycles. The lowest BCUT2D eigenvalue weighted by atomic mass is 10.1. The lowest BCUT2D eigenvalue weighted by Gasteiger charge is -2.04. The minimum atomic E-state index is -0.376. The first-order chi connectivity index (χ1) is 14.6. The maximum absolute atomic E-state index is 11.7. The molecule has 0 aliphatic heterocycles. The van der Waals surface area contributed by atoms with Gasteiger partial charge in [-0.05, 0) is 48.5 Å². The topological polar surface area (TPSA) is 55.6 Å². The number of esters is 1. The Hall–Kier alpha value is -3.75. The molecular formula is C24H18ClN3O2. The van der Waals surface area contributed by atoms with Crippen LogP contribution in [0.3, 0.4) is 0 Å². The predicted octanol–water partition coefficient (Wildman–Crippen LogP) is 4.79. The van der Waals surface area contributed by atoms with Crippen LogP contribution in [0.25, 0.3) is 5.65 Å². The van der Waals surface area contributed by atoms with Crippen LogP contribution in [0.4, 0.5) is 5.69 Å².